The van der Waals surface area contributed by atoms with Gasteiger partial charge in [0, 0.05) is 12.5 Å². The summed E-state index contributed by atoms with van der Waals surface area (Å²) in [5.74, 6) is -3.74. The molecule has 0 aromatic carbocycles. The minimum Gasteiger partial charge on any atom is -0.481 e. The number of carboxylic acids is 1. The summed E-state index contributed by atoms with van der Waals surface area (Å²) in [6.45, 7) is 19.7. The van der Waals surface area contributed by atoms with Gasteiger partial charge in [-0.25, -0.2) is 14.2 Å². The van der Waals surface area contributed by atoms with E-state index in [1.807, 2.05) is 13.8 Å². The molecule has 2 heterocycles. The first-order chi connectivity index (χ1) is 20.7. The van der Waals surface area contributed by atoms with Crippen LogP contribution in [0.25, 0.3) is 0 Å². The molecule has 2 rings (SSSR count). The van der Waals surface area contributed by atoms with Gasteiger partial charge in [0.15, 0.2) is 19.9 Å². The van der Waals surface area contributed by atoms with E-state index in [1.54, 1.807) is 13.8 Å². The van der Waals surface area contributed by atoms with Crippen LogP contribution in [0.1, 0.15) is 91.0 Å². The van der Waals surface area contributed by atoms with E-state index < -0.39 is 56.3 Å². The average Bonchev–Trinajstić information content (AvgIpc) is 3.57. The van der Waals surface area contributed by atoms with Crippen molar-refractivity contribution >= 4 is 32.1 Å². The number of amides is 2. The Kier molecular flexibility index (Phi) is 13.5. The number of rotatable bonds is 15. The summed E-state index contributed by atoms with van der Waals surface area (Å²) >= 11 is 0. The number of hydrogen-bond acceptors (Lipinski definition) is 8. The van der Waals surface area contributed by atoms with Gasteiger partial charge in [0.25, 0.3) is 5.91 Å². The van der Waals surface area contributed by atoms with Crippen molar-refractivity contribution in [2.75, 3.05) is 6.54 Å². The molecule has 0 aliphatic carbocycles. The molecular formula is C32H52FN3O8Si. The van der Waals surface area contributed by atoms with Crippen molar-refractivity contribution in [1.82, 2.24) is 15.2 Å². The maximum atomic E-state index is 13.4. The lowest BCUT2D eigenvalue weighted by Crippen LogP contribution is -2.49. The number of hydrogen-bond donors (Lipinski definition) is 2. The Morgan fingerprint density at radius 3 is 2.40 bits per heavy atom. The van der Waals surface area contributed by atoms with Gasteiger partial charge in [-0.05, 0) is 63.7 Å². The fraction of sp³-hybridized carbons (Fsp3) is 0.719. The maximum Gasteiger partial charge on any atom is 0.329 e. The fourth-order valence-corrected chi connectivity index (χ4v) is 6.40. The number of nitrogens with zero attached hydrogens (tertiary/aromatic N) is 2. The highest BCUT2D eigenvalue weighted by Gasteiger charge is 2.40. The number of carbonyl (C=O) groups excluding carboxylic acids is 3. The number of likely N-dealkylation sites (tertiary alicyclic amines) is 1. The van der Waals surface area contributed by atoms with Crippen LogP contribution in [0.15, 0.2) is 22.8 Å². The molecule has 2 N–H and O–H groups in total. The van der Waals surface area contributed by atoms with Gasteiger partial charge in [-0.15, -0.1) is 0 Å². The number of oxazole rings is 1. The largest absolute Gasteiger partial charge is 0.481 e. The molecule has 254 valence electrons. The summed E-state index contributed by atoms with van der Waals surface area (Å²) in [6, 6.07) is -1.21. The Bertz CT molecular complexity index is 1210. The lowest BCUT2D eigenvalue weighted by Gasteiger charge is -2.39. The molecule has 1 saturated heterocycles. The number of carbonyl (C=O) groups is 4. The highest BCUT2D eigenvalue weighted by molar-refractivity contribution is 6.74. The zero-order chi connectivity index (χ0) is 34.3. The van der Waals surface area contributed by atoms with Gasteiger partial charge in [-0.2, -0.15) is 0 Å². The molecule has 0 bridgehead atoms. The predicted octanol–water partition coefficient (Wildman–Crippen LogP) is 5.31. The summed E-state index contributed by atoms with van der Waals surface area (Å²) in [5.41, 5.74) is -0.0262. The molecule has 0 saturated carbocycles. The second-order valence-corrected chi connectivity index (χ2v) is 18.7. The van der Waals surface area contributed by atoms with E-state index >= 15 is 0 Å². The number of ether oxygens (including phenoxy) is 1. The van der Waals surface area contributed by atoms with Crippen LogP contribution in [0, 0.1) is 11.8 Å². The van der Waals surface area contributed by atoms with Gasteiger partial charge >= 0.3 is 11.9 Å². The number of aliphatic carboxylic acids is 1. The molecule has 13 heteroatoms. The number of esters is 1. The molecule has 11 nitrogen and oxygen atoms in total. The molecule has 45 heavy (non-hydrogen) atoms. The number of alkyl halides is 1. The van der Waals surface area contributed by atoms with Crippen LogP contribution < -0.4 is 5.32 Å². The zero-order valence-electron chi connectivity index (χ0n) is 28.4. The second-order valence-electron chi connectivity index (χ2n) is 13.9. The van der Waals surface area contributed by atoms with E-state index in [9.17, 15) is 28.7 Å². The number of halogens is 1. The van der Waals surface area contributed by atoms with Crippen molar-refractivity contribution in [2.24, 2.45) is 11.8 Å². The summed E-state index contributed by atoms with van der Waals surface area (Å²) in [5, 5.41) is 12.5. The number of aromatic nitrogens is 1. The molecule has 1 fully saturated rings. The van der Waals surface area contributed by atoms with Gasteiger partial charge in [0.05, 0.1) is 25.0 Å². The van der Waals surface area contributed by atoms with Crippen molar-refractivity contribution in [3.63, 3.8) is 0 Å². The molecule has 1 aromatic heterocycles. The zero-order valence-corrected chi connectivity index (χ0v) is 29.4. The van der Waals surface area contributed by atoms with E-state index in [-0.39, 0.29) is 47.5 Å². The molecule has 1 unspecified atom stereocenters. The Balaban J connectivity index is 2.14. The standard InChI is InChI=1S/C32H52FN3O8Si/c1-19(2)29(43-31(41)25-12-11-15-36(25)30(40)24-18-42-27(35-24)16-20(3)33)23(17-28(38)39)13-14-26(37)34-21(4)22(5)44-45(9,10)32(6,7)8/h13-14,18-23,25,29H,11-12,15-17H2,1-10H3,(H,34,37)(H,38,39)/b14-13+/t20-,21?,22+,23+,25-,29-/m1/s1. The summed E-state index contributed by atoms with van der Waals surface area (Å²) in [6.07, 6.45) is 2.05. The highest BCUT2D eigenvalue weighted by atomic mass is 28.4. The smallest absolute Gasteiger partial charge is 0.329 e. The van der Waals surface area contributed by atoms with Crippen molar-refractivity contribution < 1.29 is 42.3 Å². The van der Waals surface area contributed by atoms with Crippen molar-refractivity contribution in [3.8, 4) is 0 Å². The number of carboxylic acid groups (broad SMARTS) is 1. The van der Waals surface area contributed by atoms with Gasteiger partial charge in [0.1, 0.15) is 24.6 Å². The normalized spacial score (nSPS) is 19.3. The monoisotopic (exact) mass is 653 g/mol. The van der Waals surface area contributed by atoms with Crippen LogP contribution in [0.4, 0.5) is 4.39 Å². The van der Waals surface area contributed by atoms with Crippen LogP contribution in [0.2, 0.25) is 18.1 Å². The Morgan fingerprint density at radius 1 is 1.20 bits per heavy atom. The summed E-state index contributed by atoms with van der Waals surface area (Å²) in [7, 11) is -2.06. The first-order valence-corrected chi connectivity index (χ1v) is 18.6. The predicted molar refractivity (Wildman–Crippen MR) is 170 cm³/mol. The van der Waals surface area contributed by atoms with Gasteiger partial charge in [-0.1, -0.05) is 40.7 Å². The van der Waals surface area contributed by atoms with Crippen LogP contribution in [-0.2, 0) is 30.0 Å². The highest BCUT2D eigenvalue weighted by Crippen LogP contribution is 2.37. The first-order valence-electron chi connectivity index (χ1n) is 15.7. The number of nitrogens with one attached hydrogen (secondary N) is 1. The Labute approximate surface area is 267 Å². The molecule has 0 radical (unpaired) electrons. The van der Waals surface area contributed by atoms with Crippen LogP contribution in [0.5, 0.6) is 0 Å². The molecule has 1 aliphatic rings. The minimum absolute atomic E-state index is 0.00961. The molecular weight excluding hydrogens is 601 g/mol. The fourth-order valence-electron chi connectivity index (χ4n) is 4.92. The molecule has 2 amide bonds. The van der Waals surface area contributed by atoms with E-state index in [4.69, 9.17) is 13.6 Å². The van der Waals surface area contributed by atoms with Crippen molar-refractivity contribution in [1.29, 1.82) is 0 Å². The third-order valence-electron chi connectivity index (χ3n) is 8.61. The van der Waals surface area contributed by atoms with E-state index in [0.29, 0.717) is 19.4 Å². The minimum atomic E-state index is -2.06. The van der Waals surface area contributed by atoms with Crippen molar-refractivity contribution in [2.45, 2.75) is 130 Å². The third kappa shape index (κ3) is 11.1. The summed E-state index contributed by atoms with van der Waals surface area (Å²) in [4.78, 5) is 56.7. The third-order valence-corrected chi connectivity index (χ3v) is 13.2. The first kappa shape index (κ1) is 38.1. The summed E-state index contributed by atoms with van der Waals surface area (Å²) < 4.78 is 30.8. The van der Waals surface area contributed by atoms with Crippen molar-refractivity contribution in [3.05, 3.63) is 30.0 Å². The average molecular weight is 654 g/mol. The van der Waals surface area contributed by atoms with E-state index in [2.05, 4.69) is 44.2 Å². The Morgan fingerprint density at radius 2 is 1.84 bits per heavy atom. The molecule has 0 spiro atoms. The molecule has 6 atom stereocenters. The SMILES string of the molecule is CC(NC(=O)/C=C/[C@@H](CC(=O)O)[C@H](OC(=O)[C@H]1CCCN1C(=O)c1coc(C[C@@H](C)F)n1)C(C)C)[C@H](C)O[Si](C)(C)C(C)(C)C. The van der Waals surface area contributed by atoms with Crippen LogP contribution in [-0.4, -0.2) is 84.1 Å². The maximum absolute atomic E-state index is 13.4. The second kappa shape index (κ2) is 16.0. The van der Waals surface area contributed by atoms with Gasteiger partial charge < -0.3 is 28.9 Å². The van der Waals surface area contributed by atoms with Crippen LogP contribution >= 0.6 is 0 Å². The molecule has 1 aromatic rings. The van der Waals surface area contributed by atoms with Crippen LogP contribution in [0.3, 0.4) is 0 Å². The quantitative estimate of drug-likeness (QED) is 0.146. The van der Waals surface area contributed by atoms with Gasteiger partial charge in [-0.3, -0.25) is 14.4 Å². The topological polar surface area (TPSA) is 148 Å². The molecule has 1 aliphatic heterocycles. The Hall–Kier alpha value is -3.06. The lowest BCUT2D eigenvalue weighted by atomic mass is 9.89. The van der Waals surface area contributed by atoms with E-state index in [0.717, 1.165) is 6.26 Å². The van der Waals surface area contributed by atoms with Gasteiger partial charge in [0.2, 0.25) is 5.91 Å². The van der Waals surface area contributed by atoms with E-state index in [1.165, 1.54) is 24.0 Å². The lowest BCUT2D eigenvalue weighted by molar-refractivity contribution is -0.160.